The predicted molar refractivity (Wildman–Crippen MR) is 62.4 cm³/mol. The van der Waals surface area contributed by atoms with Crippen LogP contribution in [0.3, 0.4) is 0 Å². The monoisotopic (exact) mass is 201 g/mol. The number of hydrogen-bond acceptors (Lipinski definition) is 1. The van der Waals surface area contributed by atoms with E-state index in [1.807, 2.05) is 24.3 Å². The second-order valence-corrected chi connectivity index (χ2v) is 4.83. The summed E-state index contributed by atoms with van der Waals surface area (Å²) in [6.45, 7) is 6.31. The molecule has 2 rings (SSSR count). The number of aldehydes is 1. The molecule has 0 atom stereocenters. The Hall–Kier alpha value is -1.57. The lowest BCUT2D eigenvalue weighted by atomic mass is 9.89. The summed E-state index contributed by atoms with van der Waals surface area (Å²) in [6, 6.07) is 7.90. The molecule has 0 radical (unpaired) electrons. The van der Waals surface area contributed by atoms with Crippen LogP contribution >= 0.6 is 0 Å². The van der Waals surface area contributed by atoms with E-state index in [1.165, 1.54) is 0 Å². The molecule has 0 spiro atoms. The van der Waals surface area contributed by atoms with Gasteiger partial charge in [-0.2, -0.15) is 0 Å². The molecule has 0 saturated carbocycles. The lowest BCUT2D eigenvalue weighted by molar-refractivity contribution is 0.112. The number of para-hydroxylation sites is 1. The van der Waals surface area contributed by atoms with Crippen molar-refractivity contribution in [3.63, 3.8) is 0 Å². The van der Waals surface area contributed by atoms with E-state index in [9.17, 15) is 4.79 Å². The molecule has 1 aromatic heterocycles. The molecule has 1 heterocycles. The highest BCUT2D eigenvalue weighted by Gasteiger charge is 2.21. The van der Waals surface area contributed by atoms with Gasteiger partial charge in [0.05, 0.1) is 0 Å². The number of fused-ring (bicyclic) bond motifs is 1. The van der Waals surface area contributed by atoms with E-state index in [4.69, 9.17) is 0 Å². The Morgan fingerprint density at radius 1 is 1.20 bits per heavy atom. The number of carbonyl (C=O) groups excluding carboxylic acids is 1. The molecule has 2 aromatic rings. The number of aromatic nitrogens is 1. The summed E-state index contributed by atoms with van der Waals surface area (Å²) >= 11 is 0. The molecule has 0 aliphatic carbocycles. The first-order chi connectivity index (χ1) is 7.04. The zero-order valence-electron chi connectivity index (χ0n) is 9.29. The molecule has 1 aromatic carbocycles. The minimum atomic E-state index is -0.0325. The van der Waals surface area contributed by atoms with Gasteiger partial charge in [0.2, 0.25) is 0 Å². The highest BCUT2D eigenvalue weighted by Crippen LogP contribution is 2.29. The number of aromatic amines is 1. The predicted octanol–water partition coefficient (Wildman–Crippen LogP) is 3.28. The highest BCUT2D eigenvalue weighted by molar-refractivity contribution is 5.99. The average molecular weight is 201 g/mol. The molecule has 78 valence electrons. The fourth-order valence-corrected chi connectivity index (χ4v) is 1.88. The van der Waals surface area contributed by atoms with E-state index in [2.05, 4.69) is 25.8 Å². The van der Waals surface area contributed by atoms with Crippen LogP contribution in [0.1, 0.15) is 36.8 Å². The summed E-state index contributed by atoms with van der Waals surface area (Å²) in [5, 5.41) is 1.01. The largest absolute Gasteiger partial charge is 0.357 e. The van der Waals surface area contributed by atoms with Gasteiger partial charge >= 0.3 is 0 Å². The SMILES string of the molecule is CC(C)(C)c1[nH]c2ccccc2c1C=O. The van der Waals surface area contributed by atoms with Gasteiger partial charge in [0.15, 0.2) is 6.29 Å². The summed E-state index contributed by atoms with van der Waals surface area (Å²) < 4.78 is 0. The van der Waals surface area contributed by atoms with Crippen LogP contribution in [-0.2, 0) is 5.41 Å². The maximum absolute atomic E-state index is 11.1. The van der Waals surface area contributed by atoms with Crippen LogP contribution in [0.25, 0.3) is 10.9 Å². The Labute approximate surface area is 89.3 Å². The van der Waals surface area contributed by atoms with Crippen LogP contribution in [0.15, 0.2) is 24.3 Å². The van der Waals surface area contributed by atoms with E-state index >= 15 is 0 Å². The smallest absolute Gasteiger partial charge is 0.152 e. The number of benzene rings is 1. The van der Waals surface area contributed by atoms with E-state index in [0.717, 1.165) is 28.4 Å². The number of H-pyrrole nitrogens is 1. The molecular formula is C13H15NO. The van der Waals surface area contributed by atoms with Crippen molar-refractivity contribution in [1.82, 2.24) is 4.98 Å². The molecular weight excluding hydrogens is 186 g/mol. The molecule has 2 nitrogen and oxygen atoms in total. The molecule has 0 bridgehead atoms. The zero-order chi connectivity index (χ0) is 11.1. The van der Waals surface area contributed by atoms with Crippen molar-refractivity contribution in [1.29, 1.82) is 0 Å². The van der Waals surface area contributed by atoms with Crippen molar-refractivity contribution < 1.29 is 4.79 Å². The van der Waals surface area contributed by atoms with Gasteiger partial charge in [0.1, 0.15) is 0 Å². The van der Waals surface area contributed by atoms with Crippen molar-refractivity contribution >= 4 is 17.2 Å². The molecule has 0 aliphatic heterocycles. The standard InChI is InChI=1S/C13H15NO/c1-13(2,3)12-10(8-15)9-6-4-5-7-11(9)14-12/h4-8,14H,1-3H3. The normalized spacial score (nSPS) is 11.9. The first-order valence-corrected chi connectivity index (χ1v) is 5.10. The maximum Gasteiger partial charge on any atom is 0.152 e. The molecule has 0 amide bonds. The van der Waals surface area contributed by atoms with Crippen LogP contribution < -0.4 is 0 Å². The molecule has 0 fully saturated rings. The third-order valence-electron chi connectivity index (χ3n) is 2.61. The Kier molecular flexibility index (Phi) is 2.14. The third-order valence-corrected chi connectivity index (χ3v) is 2.61. The highest BCUT2D eigenvalue weighted by atomic mass is 16.1. The van der Waals surface area contributed by atoms with Gasteiger partial charge < -0.3 is 4.98 Å². The van der Waals surface area contributed by atoms with Crippen molar-refractivity contribution in [3.8, 4) is 0 Å². The molecule has 0 unspecified atom stereocenters. The maximum atomic E-state index is 11.1. The fourth-order valence-electron chi connectivity index (χ4n) is 1.88. The minimum absolute atomic E-state index is 0.0325. The van der Waals surface area contributed by atoms with Crippen molar-refractivity contribution in [3.05, 3.63) is 35.5 Å². The Morgan fingerprint density at radius 3 is 2.47 bits per heavy atom. The van der Waals surface area contributed by atoms with Crippen LogP contribution in [-0.4, -0.2) is 11.3 Å². The summed E-state index contributed by atoms with van der Waals surface area (Å²) in [7, 11) is 0. The Bertz CT molecular complexity index is 503. The third kappa shape index (κ3) is 1.56. The summed E-state index contributed by atoms with van der Waals surface area (Å²) in [5.74, 6) is 0. The van der Waals surface area contributed by atoms with Crippen LogP contribution in [0.4, 0.5) is 0 Å². The van der Waals surface area contributed by atoms with Gasteiger partial charge in [-0.15, -0.1) is 0 Å². The second kappa shape index (κ2) is 3.23. The summed E-state index contributed by atoms with van der Waals surface area (Å²) in [4.78, 5) is 14.5. The van der Waals surface area contributed by atoms with Gasteiger partial charge in [0.25, 0.3) is 0 Å². The number of rotatable bonds is 1. The van der Waals surface area contributed by atoms with Gasteiger partial charge in [-0.05, 0) is 6.07 Å². The van der Waals surface area contributed by atoms with Crippen molar-refractivity contribution in [2.24, 2.45) is 0 Å². The topological polar surface area (TPSA) is 32.9 Å². The number of nitrogens with one attached hydrogen (secondary N) is 1. The first kappa shape index (κ1) is 9.97. The first-order valence-electron chi connectivity index (χ1n) is 5.10. The Morgan fingerprint density at radius 2 is 1.87 bits per heavy atom. The van der Waals surface area contributed by atoms with E-state index in [1.54, 1.807) is 0 Å². The average Bonchev–Trinajstić information content (AvgIpc) is 2.55. The quantitative estimate of drug-likeness (QED) is 0.706. The van der Waals surface area contributed by atoms with Gasteiger partial charge in [0, 0.05) is 27.6 Å². The van der Waals surface area contributed by atoms with Crippen LogP contribution in [0.2, 0.25) is 0 Å². The van der Waals surface area contributed by atoms with E-state index in [-0.39, 0.29) is 5.41 Å². The molecule has 15 heavy (non-hydrogen) atoms. The lowest BCUT2D eigenvalue weighted by Crippen LogP contribution is -2.13. The molecule has 1 N–H and O–H groups in total. The molecule has 2 heteroatoms. The molecule has 0 saturated heterocycles. The van der Waals surface area contributed by atoms with Crippen molar-refractivity contribution in [2.75, 3.05) is 0 Å². The lowest BCUT2D eigenvalue weighted by Gasteiger charge is -2.17. The van der Waals surface area contributed by atoms with Crippen LogP contribution in [0, 0.1) is 0 Å². The van der Waals surface area contributed by atoms with Gasteiger partial charge in [-0.1, -0.05) is 39.0 Å². The Balaban J connectivity index is 2.81. The summed E-state index contributed by atoms with van der Waals surface area (Å²) in [5.41, 5.74) is 2.80. The fraction of sp³-hybridized carbons (Fsp3) is 0.308. The zero-order valence-corrected chi connectivity index (χ0v) is 9.29. The molecule has 0 aliphatic rings. The van der Waals surface area contributed by atoms with Gasteiger partial charge in [-0.25, -0.2) is 0 Å². The number of carbonyl (C=O) groups is 1. The van der Waals surface area contributed by atoms with Crippen LogP contribution in [0.5, 0.6) is 0 Å². The minimum Gasteiger partial charge on any atom is -0.357 e. The van der Waals surface area contributed by atoms with Crippen molar-refractivity contribution in [2.45, 2.75) is 26.2 Å². The summed E-state index contributed by atoms with van der Waals surface area (Å²) in [6.07, 6.45) is 0.944. The van der Waals surface area contributed by atoms with E-state index in [0.29, 0.717) is 0 Å². The van der Waals surface area contributed by atoms with E-state index < -0.39 is 0 Å². The van der Waals surface area contributed by atoms with Gasteiger partial charge in [-0.3, -0.25) is 4.79 Å². The number of hydrogen-bond donors (Lipinski definition) is 1. The second-order valence-electron chi connectivity index (χ2n) is 4.83.